The van der Waals surface area contributed by atoms with Crippen molar-refractivity contribution in [2.24, 2.45) is 5.73 Å². The maximum Gasteiger partial charge on any atom is 0.191 e. The van der Waals surface area contributed by atoms with E-state index in [0.717, 1.165) is 20.7 Å². The van der Waals surface area contributed by atoms with Crippen LogP contribution in [-0.4, -0.2) is 11.5 Å². The molecule has 0 spiro atoms. The molecule has 5 heteroatoms. The zero-order valence-corrected chi connectivity index (χ0v) is 9.86. The summed E-state index contributed by atoms with van der Waals surface area (Å²) in [5.74, 6) is 1.51. The lowest BCUT2D eigenvalue weighted by molar-refractivity contribution is 0.476. The first-order valence-electron chi connectivity index (χ1n) is 4.63. The number of rotatable bonds is 3. The zero-order chi connectivity index (χ0) is 10.8. The Bertz CT molecular complexity index is 464. The monoisotopic (exact) mass is 242 g/mol. The quantitative estimate of drug-likeness (QED) is 0.901. The number of nitrogens with two attached hydrogens (primary N) is 1. The summed E-state index contributed by atoms with van der Waals surface area (Å²) in [6.45, 7) is 2.39. The van der Waals surface area contributed by atoms with Gasteiger partial charge in [0.15, 0.2) is 5.89 Å². The SMILES string of the molecule is Cc1nc(-c2ccc(Cl)s2)c(CCN)o1. The molecule has 2 heterocycles. The van der Waals surface area contributed by atoms with Gasteiger partial charge >= 0.3 is 0 Å². The second-order valence-corrected chi connectivity index (χ2v) is 4.86. The minimum absolute atomic E-state index is 0.556. The molecule has 2 aromatic heterocycles. The van der Waals surface area contributed by atoms with Crippen molar-refractivity contribution >= 4 is 22.9 Å². The van der Waals surface area contributed by atoms with Crippen LogP contribution in [0.1, 0.15) is 11.7 Å². The second kappa shape index (κ2) is 4.35. The van der Waals surface area contributed by atoms with Crippen molar-refractivity contribution in [1.29, 1.82) is 0 Å². The van der Waals surface area contributed by atoms with Crippen molar-refractivity contribution in [2.45, 2.75) is 13.3 Å². The van der Waals surface area contributed by atoms with E-state index < -0.39 is 0 Å². The Hall–Kier alpha value is -0.840. The fourth-order valence-corrected chi connectivity index (χ4v) is 2.45. The maximum atomic E-state index is 5.88. The van der Waals surface area contributed by atoms with E-state index in [9.17, 15) is 0 Å². The largest absolute Gasteiger partial charge is 0.445 e. The standard InChI is InChI=1S/C10H11ClN2OS/c1-6-13-10(7(14-6)4-5-12)8-2-3-9(11)15-8/h2-3H,4-5,12H2,1H3. The molecule has 2 aromatic rings. The number of nitrogens with zero attached hydrogens (tertiary/aromatic N) is 1. The molecule has 0 fully saturated rings. The van der Waals surface area contributed by atoms with Gasteiger partial charge in [0, 0.05) is 13.3 Å². The van der Waals surface area contributed by atoms with Crippen LogP contribution in [0.2, 0.25) is 4.34 Å². The van der Waals surface area contributed by atoms with Crippen LogP contribution in [0.4, 0.5) is 0 Å². The molecule has 0 unspecified atom stereocenters. The lowest BCUT2D eigenvalue weighted by Crippen LogP contribution is -2.02. The van der Waals surface area contributed by atoms with Gasteiger partial charge in [-0.25, -0.2) is 4.98 Å². The molecule has 0 saturated heterocycles. The third-order valence-electron chi connectivity index (χ3n) is 1.98. The molecular formula is C10H11ClN2OS. The highest BCUT2D eigenvalue weighted by molar-refractivity contribution is 7.19. The van der Waals surface area contributed by atoms with E-state index >= 15 is 0 Å². The fourth-order valence-electron chi connectivity index (χ4n) is 1.40. The summed E-state index contributed by atoms with van der Waals surface area (Å²) in [4.78, 5) is 5.37. The lowest BCUT2D eigenvalue weighted by atomic mass is 10.2. The van der Waals surface area contributed by atoms with Crippen molar-refractivity contribution in [3.8, 4) is 10.6 Å². The molecule has 15 heavy (non-hydrogen) atoms. The normalized spacial score (nSPS) is 10.9. The molecule has 0 bridgehead atoms. The van der Waals surface area contributed by atoms with E-state index in [2.05, 4.69) is 4.98 Å². The number of hydrogen-bond acceptors (Lipinski definition) is 4. The van der Waals surface area contributed by atoms with Crippen molar-refractivity contribution in [2.75, 3.05) is 6.54 Å². The van der Waals surface area contributed by atoms with Gasteiger partial charge in [-0.1, -0.05) is 11.6 Å². The molecule has 2 rings (SSSR count). The van der Waals surface area contributed by atoms with E-state index in [1.165, 1.54) is 11.3 Å². The van der Waals surface area contributed by atoms with Gasteiger partial charge in [0.1, 0.15) is 11.5 Å². The van der Waals surface area contributed by atoms with Gasteiger partial charge in [-0.05, 0) is 18.7 Å². The first kappa shape index (κ1) is 10.7. The van der Waals surface area contributed by atoms with Gasteiger partial charge in [-0.3, -0.25) is 0 Å². The highest BCUT2D eigenvalue weighted by Crippen LogP contribution is 2.32. The van der Waals surface area contributed by atoms with Crippen molar-refractivity contribution in [1.82, 2.24) is 4.98 Å². The van der Waals surface area contributed by atoms with Crippen LogP contribution in [0.3, 0.4) is 0 Å². The molecule has 0 aliphatic rings. The predicted octanol–water partition coefficient (Wildman–Crippen LogP) is 2.87. The smallest absolute Gasteiger partial charge is 0.191 e. The number of aromatic nitrogens is 1. The first-order valence-corrected chi connectivity index (χ1v) is 5.82. The number of hydrogen-bond donors (Lipinski definition) is 1. The molecule has 0 atom stereocenters. The first-order chi connectivity index (χ1) is 7.20. The Morgan fingerprint density at radius 3 is 2.93 bits per heavy atom. The van der Waals surface area contributed by atoms with Gasteiger partial charge in [-0.2, -0.15) is 0 Å². The lowest BCUT2D eigenvalue weighted by Gasteiger charge is -1.95. The van der Waals surface area contributed by atoms with Gasteiger partial charge in [0.2, 0.25) is 0 Å². The summed E-state index contributed by atoms with van der Waals surface area (Å²) in [7, 11) is 0. The second-order valence-electron chi connectivity index (χ2n) is 3.15. The number of oxazole rings is 1. The molecule has 0 aromatic carbocycles. The molecule has 0 radical (unpaired) electrons. The minimum Gasteiger partial charge on any atom is -0.445 e. The van der Waals surface area contributed by atoms with Crippen LogP contribution in [0, 0.1) is 6.92 Å². The summed E-state index contributed by atoms with van der Waals surface area (Å²) in [6, 6.07) is 3.81. The Morgan fingerprint density at radius 1 is 1.53 bits per heavy atom. The van der Waals surface area contributed by atoms with Crippen LogP contribution in [-0.2, 0) is 6.42 Å². The van der Waals surface area contributed by atoms with Crippen LogP contribution >= 0.6 is 22.9 Å². The Morgan fingerprint density at radius 2 is 2.33 bits per heavy atom. The third kappa shape index (κ3) is 2.22. The fraction of sp³-hybridized carbons (Fsp3) is 0.300. The minimum atomic E-state index is 0.556. The van der Waals surface area contributed by atoms with E-state index in [0.29, 0.717) is 18.9 Å². The highest BCUT2D eigenvalue weighted by Gasteiger charge is 2.13. The third-order valence-corrected chi connectivity index (χ3v) is 3.22. The molecule has 2 N–H and O–H groups in total. The Kier molecular flexibility index (Phi) is 3.09. The van der Waals surface area contributed by atoms with Crippen molar-refractivity contribution < 1.29 is 4.42 Å². The average molecular weight is 243 g/mol. The summed E-state index contributed by atoms with van der Waals surface area (Å²) >= 11 is 7.38. The summed E-state index contributed by atoms with van der Waals surface area (Å²) in [5.41, 5.74) is 6.38. The predicted molar refractivity (Wildman–Crippen MR) is 62.3 cm³/mol. The van der Waals surface area contributed by atoms with Gasteiger partial charge in [-0.15, -0.1) is 11.3 Å². The van der Waals surface area contributed by atoms with Crippen LogP contribution in [0.15, 0.2) is 16.5 Å². The molecule has 80 valence electrons. The van der Waals surface area contributed by atoms with Crippen LogP contribution in [0.5, 0.6) is 0 Å². The molecule has 3 nitrogen and oxygen atoms in total. The highest BCUT2D eigenvalue weighted by atomic mass is 35.5. The van der Waals surface area contributed by atoms with Gasteiger partial charge < -0.3 is 10.2 Å². The van der Waals surface area contributed by atoms with Crippen LogP contribution < -0.4 is 5.73 Å². The van der Waals surface area contributed by atoms with E-state index in [1.54, 1.807) is 0 Å². The molecular weight excluding hydrogens is 232 g/mol. The molecule has 0 amide bonds. The number of halogens is 1. The number of thiophene rings is 1. The molecule has 0 saturated carbocycles. The van der Waals surface area contributed by atoms with Crippen molar-refractivity contribution in [3.05, 3.63) is 28.1 Å². The molecule has 0 aliphatic heterocycles. The zero-order valence-electron chi connectivity index (χ0n) is 8.29. The van der Waals surface area contributed by atoms with E-state index in [4.69, 9.17) is 21.8 Å². The van der Waals surface area contributed by atoms with E-state index in [-0.39, 0.29) is 0 Å². The summed E-state index contributed by atoms with van der Waals surface area (Å²) in [6.07, 6.45) is 0.700. The van der Waals surface area contributed by atoms with Gasteiger partial charge in [0.05, 0.1) is 9.21 Å². The van der Waals surface area contributed by atoms with Crippen LogP contribution in [0.25, 0.3) is 10.6 Å². The topological polar surface area (TPSA) is 52.0 Å². The molecule has 0 aliphatic carbocycles. The number of aryl methyl sites for hydroxylation is 1. The van der Waals surface area contributed by atoms with Gasteiger partial charge in [0.25, 0.3) is 0 Å². The Balaban J connectivity index is 2.42. The Labute approximate surface area is 96.9 Å². The average Bonchev–Trinajstić information content (AvgIpc) is 2.73. The summed E-state index contributed by atoms with van der Waals surface area (Å²) in [5, 5.41) is 0. The van der Waals surface area contributed by atoms with E-state index in [1.807, 2.05) is 19.1 Å². The van der Waals surface area contributed by atoms with Crippen molar-refractivity contribution in [3.63, 3.8) is 0 Å². The summed E-state index contributed by atoms with van der Waals surface area (Å²) < 4.78 is 6.25. The maximum absolute atomic E-state index is 5.88.